The number of nitrogens with one attached hydrogen (secondary N) is 2. The van der Waals surface area contributed by atoms with Crippen molar-refractivity contribution < 1.29 is 14.3 Å². The molecular formula is C16H23ClN2O3. The number of hydrogen-bond acceptors (Lipinski definition) is 3. The van der Waals surface area contributed by atoms with E-state index in [9.17, 15) is 9.59 Å². The highest BCUT2D eigenvalue weighted by atomic mass is 35.5. The monoisotopic (exact) mass is 326 g/mol. The fourth-order valence-corrected chi connectivity index (χ4v) is 1.75. The SMILES string of the molecule is CC(C)C(=O)NCCNC(=O)C(C)(C)Oc1ccc(Cl)cc1. The molecule has 0 aliphatic heterocycles. The first-order valence-electron chi connectivity index (χ1n) is 7.23. The molecule has 122 valence electrons. The van der Waals surface area contributed by atoms with Gasteiger partial charge in [0.1, 0.15) is 5.75 Å². The third-order valence-corrected chi connectivity index (χ3v) is 3.22. The summed E-state index contributed by atoms with van der Waals surface area (Å²) in [6, 6.07) is 6.82. The second kappa shape index (κ2) is 8.03. The molecule has 5 nitrogen and oxygen atoms in total. The fourth-order valence-electron chi connectivity index (χ4n) is 1.62. The number of hydrogen-bond donors (Lipinski definition) is 2. The smallest absolute Gasteiger partial charge is 0.263 e. The zero-order valence-corrected chi connectivity index (χ0v) is 14.2. The second-order valence-corrected chi connectivity index (χ2v) is 6.20. The number of halogens is 1. The van der Waals surface area contributed by atoms with Crippen LogP contribution in [0.25, 0.3) is 0 Å². The summed E-state index contributed by atoms with van der Waals surface area (Å²) >= 11 is 5.81. The molecule has 2 amide bonds. The first-order chi connectivity index (χ1) is 10.2. The molecule has 0 aromatic heterocycles. The molecule has 1 aromatic rings. The number of rotatable bonds is 7. The molecule has 0 radical (unpaired) electrons. The van der Waals surface area contributed by atoms with Crippen LogP contribution in [0, 0.1) is 5.92 Å². The van der Waals surface area contributed by atoms with Gasteiger partial charge in [-0.1, -0.05) is 25.4 Å². The van der Waals surface area contributed by atoms with E-state index in [1.54, 1.807) is 38.1 Å². The first-order valence-corrected chi connectivity index (χ1v) is 7.61. The summed E-state index contributed by atoms with van der Waals surface area (Å²) in [5.74, 6) is 0.213. The Hall–Kier alpha value is -1.75. The van der Waals surface area contributed by atoms with Crippen LogP contribution in [0.15, 0.2) is 24.3 Å². The molecule has 0 fully saturated rings. The third kappa shape index (κ3) is 5.93. The first kappa shape index (κ1) is 18.3. The van der Waals surface area contributed by atoms with Crippen LogP contribution in [0.3, 0.4) is 0 Å². The van der Waals surface area contributed by atoms with E-state index in [0.717, 1.165) is 0 Å². The van der Waals surface area contributed by atoms with Gasteiger partial charge in [0.15, 0.2) is 5.60 Å². The highest BCUT2D eigenvalue weighted by Crippen LogP contribution is 2.20. The van der Waals surface area contributed by atoms with Crippen LogP contribution in [0.4, 0.5) is 0 Å². The van der Waals surface area contributed by atoms with E-state index in [1.165, 1.54) is 0 Å². The predicted octanol–water partition coefficient (Wildman–Crippen LogP) is 2.39. The number of carbonyl (C=O) groups is 2. The molecule has 0 aliphatic rings. The number of carbonyl (C=O) groups excluding carboxylic acids is 2. The summed E-state index contributed by atoms with van der Waals surface area (Å²) < 4.78 is 5.68. The Kier molecular flexibility index (Phi) is 6.68. The molecule has 0 saturated carbocycles. The van der Waals surface area contributed by atoms with Crippen LogP contribution in [0.1, 0.15) is 27.7 Å². The summed E-state index contributed by atoms with van der Waals surface area (Å²) in [6.45, 7) is 7.74. The lowest BCUT2D eigenvalue weighted by atomic mass is 10.1. The molecule has 0 aliphatic carbocycles. The zero-order chi connectivity index (χ0) is 16.8. The Morgan fingerprint density at radius 3 is 2.23 bits per heavy atom. The van der Waals surface area contributed by atoms with Crippen molar-refractivity contribution in [2.24, 2.45) is 5.92 Å². The van der Waals surface area contributed by atoms with Gasteiger partial charge in [-0.15, -0.1) is 0 Å². The molecule has 1 aromatic carbocycles. The minimum absolute atomic E-state index is 0.0362. The highest BCUT2D eigenvalue weighted by Gasteiger charge is 2.29. The van der Waals surface area contributed by atoms with Gasteiger partial charge in [0, 0.05) is 24.0 Å². The topological polar surface area (TPSA) is 67.4 Å². The second-order valence-electron chi connectivity index (χ2n) is 5.77. The Labute approximate surface area is 136 Å². The summed E-state index contributed by atoms with van der Waals surface area (Å²) in [5, 5.41) is 6.09. The molecule has 22 heavy (non-hydrogen) atoms. The van der Waals surface area contributed by atoms with E-state index in [2.05, 4.69) is 10.6 Å². The van der Waals surface area contributed by atoms with Crippen LogP contribution < -0.4 is 15.4 Å². The van der Waals surface area contributed by atoms with Crippen LogP contribution in [-0.2, 0) is 9.59 Å². The van der Waals surface area contributed by atoms with Crippen molar-refractivity contribution in [1.29, 1.82) is 0 Å². The molecule has 6 heteroatoms. The lowest BCUT2D eigenvalue weighted by molar-refractivity contribution is -0.134. The number of amides is 2. The van der Waals surface area contributed by atoms with E-state index in [-0.39, 0.29) is 17.7 Å². The van der Waals surface area contributed by atoms with Gasteiger partial charge < -0.3 is 15.4 Å². The molecule has 0 heterocycles. The van der Waals surface area contributed by atoms with Crippen molar-refractivity contribution in [3.8, 4) is 5.75 Å². The maximum Gasteiger partial charge on any atom is 0.263 e. The van der Waals surface area contributed by atoms with Crippen molar-refractivity contribution in [2.45, 2.75) is 33.3 Å². The van der Waals surface area contributed by atoms with Crippen molar-refractivity contribution in [3.63, 3.8) is 0 Å². The van der Waals surface area contributed by atoms with Gasteiger partial charge in [-0.25, -0.2) is 0 Å². The Bertz CT molecular complexity index is 513. The normalized spacial score (nSPS) is 11.2. The lowest BCUT2D eigenvalue weighted by Crippen LogP contribution is -2.48. The highest BCUT2D eigenvalue weighted by molar-refractivity contribution is 6.30. The predicted molar refractivity (Wildman–Crippen MR) is 87.0 cm³/mol. The van der Waals surface area contributed by atoms with Crippen LogP contribution in [-0.4, -0.2) is 30.5 Å². The van der Waals surface area contributed by atoms with Gasteiger partial charge in [0.25, 0.3) is 5.91 Å². The summed E-state index contributed by atoms with van der Waals surface area (Å²) in [6.07, 6.45) is 0. The van der Waals surface area contributed by atoms with E-state index in [0.29, 0.717) is 23.9 Å². The van der Waals surface area contributed by atoms with Crippen molar-refractivity contribution in [3.05, 3.63) is 29.3 Å². The minimum Gasteiger partial charge on any atom is -0.478 e. The van der Waals surface area contributed by atoms with Gasteiger partial charge in [-0.3, -0.25) is 9.59 Å². The molecule has 1 rings (SSSR count). The van der Waals surface area contributed by atoms with Gasteiger partial charge >= 0.3 is 0 Å². The minimum atomic E-state index is -1.02. The summed E-state index contributed by atoms with van der Waals surface area (Å²) in [4.78, 5) is 23.5. The number of ether oxygens (including phenoxy) is 1. The van der Waals surface area contributed by atoms with E-state index in [4.69, 9.17) is 16.3 Å². The molecule has 0 atom stereocenters. The summed E-state index contributed by atoms with van der Waals surface area (Å²) in [7, 11) is 0. The van der Waals surface area contributed by atoms with Crippen LogP contribution in [0.5, 0.6) is 5.75 Å². The zero-order valence-electron chi connectivity index (χ0n) is 13.4. The molecule has 0 spiro atoms. The molecule has 0 bridgehead atoms. The molecule has 0 saturated heterocycles. The maximum absolute atomic E-state index is 12.1. The maximum atomic E-state index is 12.1. The number of benzene rings is 1. The summed E-state index contributed by atoms with van der Waals surface area (Å²) in [5.41, 5.74) is -1.02. The van der Waals surface area contributed by atoms with E-state index in [1.807, 2.05) is 13.8 Å². The Morgan fingerprint density at radius 1 is 1.14 bits per heavy atom. The van der Waals surface area contributed by atoms with Crippen LogP contribution >= 0.6 is 11.6 Å². The van der Waals surface area contributed by atoms with Crippen molar-refractivity contribution in [1.82, 2.24) is 10.6 Å². The molecule has 2 N–H and O–H groups in total. The van der Waals surface area contributed by atoms with Gasteiger partial charge in [-0.05, 0) is 38.1 Å². The molecule has 0 unspecified atom stereocenters. The van der Waals surface area contributed by atoms with E-state index >= 15 is 0 Å². The quantitative estimate of drug-likeness (QED) is 0.756. The van der Waals surface area contributed by atoms with Crippen molar-refractivity contribution >= 4 is 23.4 Å². The van der Waals surface area contributed by atoms with Gasteiger partial charge in [0.05, 0.1) is 0 Å². The average molecular weight is 327 g/mol. The fraction of sp³-hybridized carbons (Fsp3) is 0.500. The van der Waals surface area contributed by atoms with Gasteiger partial charge in [-0.2, -0.15) is 0 Å². The average Bonchev–Trinajstić information content (AvgIpc) is 2.45. The lowest BCUT2D eigenvalue weighted by Gasteiger charge is -2.25. The van der Waals surface area contributed by atoms with Crippen LogP contribution in [0.2, 0.25) is 5.02 Å². The van der Waals surface area contributed by atoms with Crippen molar-refractivity contribution in [2.75, 3.05) is 13.1 Å². The Morgan fingerprint density at radius 2 is 1.68 bits per heavy atom. The molecular weight excluding hydrogens is 304 g/mol. The Balaban J connectivity index is 2.42. The largest absolute Gasteiger partial charge is 0.478 e. The van der Waals surface area contributed by atoms with Gasteiger partial charge in [0.2, 0.25) is 5.91 Å². The third-order valence-electron chi connectivity index (χ3n) is 2.97. The standard InChI is InChI=1S/C16H23ClN2O3/c1-11(2)14(20)18-9-10-19-15(21)16(3,4)22-13-7-5-12(17)6-8-13/h5-8,11H,9-10H2,1-4H3,(H,18,20)(H,19,21). The van der Waals surface area contributed by atoms with E-state index < -0.39 is 5.60 Å².